The average molecular weight is 369 g/mol. The highest BCUT2D eigenvalue weighted by Crippen LogP contribution is 2.24. The van der Waals surface area contributed by atoms with Gasteiger partial charge in [-0.05, 0) is 69.8 Å². The van der Waals surface area contributed by atoms with E-state index in [-0.39, 0.29) is 24.5 Å². The molecule has 0 radical (unpaired) electrons. The van der Waals surface area contributed by atoms with E-state index in [0.29, 0.717) is 19.6 Å². The minimum atomic E-state index is -0.115. The quantitative estimate of drug-likeness (QED) is 0.491. The SMILES string of the molecule is CC(C)OC(=O)CCCCCOc1ccc2[nH]cc(CCN)c2c1.Cl. The number of halogens is 1. The van der Waals surface area contributed by atoms with Crippen molar-refractivity contribution in [1.29, 1.82) is 0 Å². The van der Waals surface area contributed by atoms with Gasteiger partial charge in [0.1, 0.15) is 5.75 Å². The Hall–Kier alpha value is -1.72. The number of esters is 1. The summed E-state index contributed by atoms with van der Waals surface area (Å²) < 4.78 is 10.9. The lowest BCUT2D eigenvalue weighted by atomic mass is 10.1. The Morgan fingerprint density at radius 3 is 2.76 bits per heavy atom. The van der Waals surface area contributed by atoms with Crippen molar-refractivity contribution >= 4 is 29.3 Å². The monoisotopic (exact) mass is 368 g/mol. The topological polar surface area (TPSA) is 77.3 Å². The molecule has 0 atom stereocenters. The van der Waals surface area contributed by atoms with Gasteiger partial charge in [0.15, 0.2) is 0 Å². The molecule has 5 nitrogen and oxygen atoms in total. The van der Waals surface area contributed by atoms with Gasteiger partial charge < -0.3 is 20.2 Å². The maximum atomic E-state index is 11.4. The molecule has 0 amide bonds. The minimum Gasteiger partial charge on any atom is -0.494 e. The maximum absolute atomic E-state index is 11.4. The molecule has 2 rings (SSSR count). The molecule has 1 heterocycles. The van der Waals surface area contributed by atoms with Crippen LogP contribution in [0.25, 0.3) is 10.9 Å². The van der Waals surface area contributed by atoms with Crippen LogP contribution in [0.15, 0.2) is 24.4 Å². The number of aromatic nitrogens is 1. The lowest BCUT2D eigenvalue weighted by Gasteiger charge is -2.08. The molecule has 0 bridgehead atoms. The molecule has 1 aromatic carbocycles. The van der Waals surface area contributed by atoms with Crippen LogP contribution in [0.5, 0.6) is 5.75 Å². The molecule has 6 heteroatoms. The molecule has 0 spiro atoms. The van der Waals surface area contributed by atoms with E-state index in [4.69, 9.17) is 15.2 Å². The third kappa shape index (κ3) is 6.96. The van der Waals surface area contributed by atoms with Gasteiger partial charge in [-0.25, -0.2) is 0 Å². The number of ether oxygens (including phenoxy) is 2. The summed E-state index contributed by atoms with van der Waals surface area (Å²) in [5.74, 6) is 0.760. The van der Waals surface area contributed by atoms with Crippen LogP contribution in [0.1, 0.15) is 45.1 Å². The summed E-state index contributed by atoms with van der Waals surface area (Å²) in [5.41, 5.74) is 7.97. The Labute approximate surface area is 155 Å². The molecular formula is C19H29ClN2O3. The number of rotatable bonds is 10. The predicted octanol–water partition coefficient (Wildman–Crippen LogP) is 3.98. The average Bonchev–Trinajstić information content (AvgIpc) is 2.93. The summed E-state index contributed by atoms with van der Waals surface area (Å²) in [6, 6.07) is 6.08. The minimum absolute atomic E-state index is 0. The van der Waals surface area contributed by atoms with E-state index in [1.165, 1.54) is 10.9 Å². The van der Waals surface area contributed by atoms with E-state index in [9.17, 15) is 4.79 Å². The summed E-state index contributed by atoms with van der Waals surface area (Å²) in [6.45, 7) is 5.02. The van der Waals surface area contributed by atoms with Crippen LogP contribution in [0.4, 0.5) is 0 Å². The Kier molecular flexibility index (Phi) is 9.39. The predicted molar refractivity (Wildman–Crippen MR) is 103 cm³/mol. The fourth-order valence-electron chi connectivity index (χ4n) is 2.67. The highest BCUT2D eigenvalue weighted by Gasteiger charge is 2.06. The first kappa shape index (κ1) is 21.3. The van der Waals surface area contributed by atoms with Gasteiger partial charge in [0.2, 0.25) is 0 Å². The van der Waals surface area contributed by atoms with E-state index >= 15 is 0 Å². The van der Waals surface area contributed by atoms with Crippen molar-refractivity contribution in [3.05, 3.63) is 30.0 Å². The van der Waals surface area contributed by atoms with Crippen LogP contribution in [0.3, 0.4) is 0 Å². The molecule has 0 aliphatic carbocycles. The number of H-pyrrole nitrogens is 1. The Bertz CT molecular complexity index is 655. The fraction of sp³-hybridized carbons (Fsp3) is 0.526. The molecule has 0 fully saturated rings. The second-order valence-electron chi connectivity index (χ2n) is 6.26. The second kappa shape index (κ2) is 11.0. The van der Waals surface area contributed by atoms with E-state index in [0.717, 1.165) is 36.9 Å². The number of hydrogen-bond donors (Lipinski definition) is 2. The molecule has 0 saturated carbocycles. The number of carbonyl (C=O) groups excluding carboxylic acids is 1. The Balaban J connectivity index is 0.00000312. The Morgan fingerprint density at radius 2 is 2.04 bits per heavy atom. The number of nitrogens with two attached hydrogens (primary N) is 1. The molecule has 2 aromatic rings. The third-order valence-electron chi connectivity index (χ3n) is 3.81. The molecule has 0 aliphatic rings. The van der Waals surface area contributed by atoms with Crippen molar-refractivity contribution in [2.45, 2.75) is 52.1 Å². The number of unbranched alkanes of at least 4 members (excludes halogenated alkanes) is 2. The van der Waals surface area contributed by atoms with Crippen molar-refractivity contribution in [2.24, 2.45) is 5.73 Å². The summed E-state index contributed by atoms with van der Waals surface area (Å²) in [6.07, 6.45) is 6.04. The smallest absolute Gasteiger partial charge is 0.306 e. The highest BCUT2D eigenvalue weighted by atomic mass is 35.5. The van der Waals surface area contributed by atoms with Crippen molar-refractivity contribution in [1.82, 2.24) is 4.98 Å². The zero-order valence-corrected chi connectivity index (χ0v) is 15.9. The fourth-order valence-corrected chi connectivity index (χ4v) is 2.67. The van der Waals surface area contributed by atoms with Gasteiger partial charge in [-0.15, -0.1) is 12.4 Å². The zero-order valence-electron chi connectivity index (χ0n) is 15.0. The summed E-state index contributed by atoms with van der Waals surface area (Å²) in [4.78, 5) is 14.7. The summed E-state index contributed by atoms with van der Waals surface area (Å²) in [7, 11) is 0. The third-order valence-corrected chi connectivity index (χ3v) is 3.81. The van der Waals surface area contributed by atoms with E-state index < -0.39 is 0 Å². The molecule has 0 aliphatic heterocycles. The van der Waals surface area contributed by atoms with Gasteiger partial charge >= 0.3 is 5.97 Å². The van der Waals surface area contributed by atoms with E-state index in [1.807, 2.05) is 32.2 Å². The van der Waals surface area contributed by atoms with Gasteiger partial charge in [-0.2, -0.15) is 0 Å². The van der Waals surface area contributed by atoms with Crippen LogP contribution >= 0.6 is 12.4 Å². The van der Waals surface area contributed by atoms with Gasteiger partial charge in [0.05, 0.1) is 12.7 Å². The molecule has 0 unspecified atom stereocenters. The first-order valence-electron chi connectivity index (χ1n) is 8.72. The lowest BCUT2D eigenvalue weighted by Crippen LogP contribution is -2.11. The maximum Gasteiger partial charge on any atom is 0.306 e. The van der Waals surface area contributed by atoms with Crippen LogP contribution in [0, 0.1) is 0 Å². The standard InChI is InChI=1S/C19H28N2O3.ClH/c1-14(2)24-19(22)6-4-3-5-11-23-16-7-8-18-17(12-16)15(9-10-20)13-21-18;/h7-8,12-14,21H,3-6,9-11,20H2,1-2H3;1H. The van der Waals surface area contributed by atoms with Crippen molar-refractivity contribution in [2.75, 3.05) is 13.2 Å². The Morgan fingerprint density at radius 1 is 1.24 bits per heavy atom. The number of fused-ring (bicyclic) bond motifs is 1. The molecule has 25 heavy (non-hydrogen) atoms. The highest BCUT2D eigenvalue weighted by molar-refractivity contribution is 5.85. The first-order chi connectivity index (χ1) is 11.6. The van der Waals surface area contributed by atoms with Gasteiger partial charge in [0.25, 0.3) is 0 Å². The van der Waals surface area contributed by atoms with Crippen molar-refractivity contribution in [3.8, 4) is 5.75 Å². The van der Waals surface area contributed by atoms with E-state index in [1.54, 1.807) is 0 Å². The normalized spacial score (nSPS) is 10.7. The first-order valence-corrected chi connectivity index (χ1v) is 8.72. The van der Waals surface area contributed by atoms with Gasteiger partial charge in [-0.3, -0.25) is 4.79 Å². The van der Waals surface area contributed by atoms with E-state index in [2.05, 4.69) is 11.1 Å². The molecular weight excluding hydrogens is 340 g/mol. The second-order valence-corrected chi connectivity index (χ2v) is 6.26. The van der Waals surface area contributed by atoms with Crippen LogP contribution < -0.4 is 10.5 Å². The number of carbonyl (C=O) groups is 1. The van der Waals surface area contributed by atoms with Gasteiger partial charge in [0, 0.05) is 23.5 Å². The van der Waals surface area contributed by atoms with Crippen LogP contribution in [0.2, 0.25) is 0 Å². The van der Waals surface area contributed by atoms with Crippen LogP contribution in [-0.2, 0) is 16.0 Å². The van der Waals surface area contributed by atoms with Crippen molar-refractivity contribution in [3.63, 3.8) is 0 Å². The van der Waals surface area contributed by atoms with Crippen LogP contribution in [-0.4, -0.2) is 30.2 Å². The van der Waals surface area contributed by atoms with Gasteiger partial charge in [-0.1, -0.05) is 0 Å². The summed E-state index contributed by atoms with van der Waals surface area (Å²) >= 11 is 0. The number of nitrogens with one attached hydrogen (secondary N) is 1. The molecule has 1 aromatic heterocycles. The summed E-state index contributed by atoms with van der Waals surface area (Å²) in [5, 5.41) is 1.18. The number of aromatic amines is 1. The lowest BCUT2D eigenvalue weighted by molar-refractivity contribution is -0.147. The molecule has 3 N–H and O–H groups in total. The number of benzene rings is 1. The van der Waals surface area contributed by atoms with Crippen molar-refractivity contribution < 1.29 is 14.3 Å². The largest absolute Gasteiger partial charge is 0.494 e. The number of hydrogen-bond acceptors (Lipinski definition) is 4. The molecule has 0 saturated heterocycles. The zero-order chi connectivity index (χ0) is 17.4. The molecule has 140 valence electrons.